The topological polar surface area (TPSA) is 67.8 Å². The monoisotopic (exact) mass is 364 g/mol. The van der Waals surface area contributed by atoms with Crippen LogP contribution in [0.15, 0.2) is 24.3 Å². The molecule has 23 heavy (non-hydrogen) atoms. The van der Waals surface area contributed by atoms with Gasteiger partial charge in [-0.1, -0.05) is 35.1 Å². The summed E-state index contributed by atoms with van der Waals surface area (Å²) >= 11 is 8.45. The fraction of sp³-hybridized carbons (Fsp3) is 0.200. The van der Waals surface area contributed by atoms with Gasteiger partial charge >= 0.3 is 0 Å². The minimum absolute atomic E-state index is 0.215. The van der Waals surface area contributed by atoms with Crippen molar-refractivity contribution in [1.82, 2.24) is 14.6 Å². The Morgan fingerprint density at radius 3 is 2.74 bits per heavy atom. The van der Waals surface area contributed by atoms with E-state index < -0.39 is 0 Å². The summed E-state index contributed by atoms with van der Waals surface area (Å²) in [6, 6.07) is 7.48. The second-order valence-electron chi connectivity index (χ2n) is 4.79. The van der Waals surface area contributed by atoms with Gasteiger partial charge in [-0.2, -0.15) is 0 Å². The first-order valence-corrected chi connectivity index (χ1v) is 8.91. The number of carbonyl (C=O) groups excluding carboxylic acids is 1. The average molecular weight is 365 g/mol. The quantitative estimate of drug-likeness (QED) is 0.743. The van der Waals surface area contributed by atoms with Crippen molar-refractivity contribution in [2.45, 2.75) is 20.3 Å². The molecular formula is C15H13ClN4OS2. The van der Waals surface area contributed by atoms with E-state index in [2.05, 4.69) is 19.9 Å². The van der Waals surface area contributed by atoms with Crippen LogP contribution in [0.2, 0.25) is 5.02 Å². The van der Waals surface area contributed by atoms with E-state index in [-0.39, 0.29) is 5.91 Å². The molecule has 3 aromatic rings. The van der Waals surface area contributed by atoms with Crippen LogP contribution in [-0.4, -0.2) is 20.5 Å². The van der Waals surface area contributed by atoms with E-state index in [1.807, 2.05) is 38.1 Å². The first kappa shape index (κ1) is 16.0. The van der Waals surface area contributed by atoms with Crippen LogP contribution in [0.1, 0.15) is 27.2 Å². The van der Waals surface area contributed by atoms with Gasteiger partial charge in [-0.15, -0.1) is 16.4 Å². The maximum Gasteiger partial charge on any atom is 0.271 e. The summed E-state index contributed by atoms with van der Waals surface area (Å²) in [5.74, 6) is -0.215. The SMILES string of the molecule is CCc1nnsc1C(=O)Nc1nc(-c2ccc(Cl)cc2)c(C)s1. The predicted molar refractivity (Wildman–Crippen MR) is 94.5 cm³/mol. The average Bonchev–Trinajstić information content (AvgIpc) is 3.14. The molecule has 0 aliphatic heterocycles. The molecule has 1 amide bonds. The van der Waals surface area contributed by atoms with Crippen LogP contribution >= 0.6 is 34.5 Å². The van der Waals surface area contributed by atoms with Gasteiger partial charge in [-0.25, -0.2) is 4.98 Å². The molecule has 0 radical (unpaired) electrons. The van der Waals surface area contributed by atoms with Crippen molar-refractivity contribution in [3.63, 3.8) is 0 Å². The van der Waals surface area contributed by atoms with E-state index in [1.54, 1.807) is 0 Å². The highest BCUT2D eigenvalue weighted by Gasteiger charge is 2.18. The van der Waals surface area contributed by atoms with Crippen molar-refractivity contribution in [2.75, 3.05) is 5.32 Å². The summed E-state index contributed by atoms with van der Waals surface area (Å²) in [5.41, 5.74) is 2.52. The molecule has 1 N–H and O–H groups in total. The second-order valence-corrected chi connectivity index (χ2v) is 7.18. The molecule has 0 unspecified atom stereocenters. The number of hydrogen-bond donors (Lipinski definition) is 1. The van der Waals surface area contributed by atoms with Crippen molar-refractivity contribution in [3.8, 4) is 11.3 Å². The number of rotatable bonds is 4. The number of nitrogens with one attached hydrogen (secondary N) is 1. The highest BCUT2D eigenvalue weighted by molar-refractivity contribution is 7.16. The van der Waals surface area contributed by atoms with Crippen LogP contribution in [-0.2, 0) is 6.42 Å². The highest BCUT2D eigenvalue weighted by Crippen LogP contribution is 2.31. The zero-order valence-corrected chi connectivity index (χ0v) is 14.8. The molecule has 0 bridgehead atoms. The summed E-state index contributed by atoms with van der Waals surface area (Å²) in [6.07, 6.45) is 0.673. The van der Waals surface area contributed by atoms with Crippen LogP contribution in [0, 0.1) is 6.92 Å². The number of aromatic nitrogens is 3. The number of halogens is 1. The number of thiazole rings is 1. The van der Waals surface area contributed by atoms with Crippen LogP contribution in [0.25, 0.3) is 11.3 Å². The predicted octanol–water partition coefficient (Wildman–Crippen LogP) is 4.44. The molecule has 0 spiro atoms. The third kappa shape index (κ3) is 3.41. The zero-order valence-electron chi connectivity index (χ0n) is 12.5. The summed E-state index contributed by atoms with van der Waals surface area (Å²) in [6.45, 7) is 3.92. The molecule has 3 rings (SSSR count). The van der Waals surface area contributed by atoms with E-state index in [9.17, 15) is 4.79 Å². The van der Waals surface area contributed by atoms with Gasteiger partial charge in [0.05, 0.1) is 11.4 Å². The number of hydrogen-bond acceptors (Lipinski definition) is 6. The van der Waals surface area contributed by atoms with Gasteiger partial charge in [0, 0.05) is 15.5 Å². The molecule has 118 valence electrons. The van der Waals surface area contributed by atoms with Crippen LogP contribution in [0.5, 0.6) is 0 Å². The minimum Gasteiger partial charge on any atom is -0.297 e. The van der Waals surface area contributed by atoms with Gasteiger partial charge in [0.1, 0.15) is 4.88 Å². The third-order valence-electron chi connectivity index (χ3n) is 3.23. The molecular weight excluding hydrogens is 352 g/mol. The van der Waals surface area contributed by atoms with E-state index in [4.69, 9.17) is 11.6 Å². The Kier molecular flexibility index (Phi) is 4.70. The van der Waals surface area contributed by atoms with Crippen molar-refractivity contribution in [3.05, 3.63) is 44.7 Å². The van der Waals surface area contributed by atoms with Gasteiger partial charge in [0.2, 0.25) is 0 Å². The lowest BCUT2D eigenvalue weighted by Crippen LogP contribution is -2.12. The van der Waals surface area contributed by atoms with Crippen LogP contribution in [0.4, 0.5) is 5.13 Å². The second kappa shape index (κ2) is 6.74. The molecule has 0 saturated carbocycles. The molecule has 5 nitrogen and oxygen atoms in total. The van der Waals surface area contributed by atoms with Crippen LogP contribution in [0.3, 0.4) is 0 Å². The molecule has 0 atom stereocenters. The molecule has 8 heteroatoms. The third-order valence-corrected chi connectivity index (χ3v) is 5.14. The molecule has 2 aromatic heterocycles. The summed E-state index contributed by atoms with van der Waals surface area (Å²) < 4.78 is 3.84. The van der Waals surface area contributed by atoms with Crippen molar-refractivity contribution in [1.29, 1.82) is 0 Å². The molecule has 0 saturated heterocycles. The number of nitrogens with zero attached hydrogens (tertiary/aromatic N) is 3. The Labute approximate surface area is 146 Å². The fourth-order valence-corrected chi connectivity index (χ4v) is 3.69. The highest BCUT2D eigenvalue weighted by atomic mass is 35.5. The van der Waals surface area contributed by atoms with Crippen molar-refractivity contribution < 1.29 is 4.79 Å². The van der Waals surface area contributed by atoms with E-state index in [1.165, 1.54) is 11.3 Å². The Morgan fingerprint density at radius 2 is 2.04 bits per heavy atom. The smallest absolute Gasteiger partial charge is 0.271 e. The van der Waals surface area contributed by atoms with Gasteiger partial charge in [0.15, 0.2) is 5.13 Å². The summed E-state index contributed by atoms with van der Waals surface area (Å²) in [4.78, 5) is 18.4. The molecule has 0 aliphatic carbocycles. The van der Waals surface area contributed by atoms with Crippen LogP contribution < -0.4 is 5.32 Å². The number of benzene rings is 1. The Hall–Kier alpha value is -1.83. The Morgan fingerprint density at radius 1 is 1.30 bits per heavy atom. The van der Waals surface area contributed by atoms with Gasteiger partial charge in [-0.3, -0.25) is 10.1 Å². The number of carbonyl (C=O) groups is 1. The first-order chi connectivity index (χ1) is 11.1. The lowest BCUT2D eigenvalue weighted by Gasteiger charge is -2.00. The Balaban J connectivity index is 1.84. The molecule has 0 fully saturated rings. The maximum atomic E-state index is 12.3. The van der Waals surface area contributed by atoms with Crippen molar-refractivity contribution >= 4 is 45.5 Å². The Bertz CT molecular complexity index is 842. The normalized spacial score (nSPS) is 10.7. The fourth-order valence-electron chi connectivity index (χ4n) is 2.09. The lowest BCUT2D eigenvalue weighted by atomic mass is 10.1. The summed E-state index contributed by atoms with van der Waals surface area (Å²) in [7, 11) is 0. The minimum atomic E-state index is -0.215. The number of anilines is 1. The maximum absolute atomic E-state index is 12.3. The summed E-state index contributed by atoms with van der Waals surface area (Å²) in [5, 5.41) is 8.03. The van der Waals surface area contributed by atoms with Gasteiger partial charge < -0.3 is 0 Å². The van der Waals surface area contributed by atoms with E-state index in [0.29, 0.717) is 27.1 Å². The van der Waals surface area contributed by atoms with E-state index in [0.717, 1.165) is 27.7 Å². The molecule has 1 aromatic carbocycles. The van der Waals surface area contributed by atoms with E-state index >= 15 is 0 Å². The van der Waals surface area contributed by atoms with Gasteiger partial charge in [0.25, 0.3) is 5.91 Å². The lowest BCUT2D eigenvalue weighted by molar-refractivity contribution is 0.102. The first-order valence-electron chi connectivity index (χ1n) is 6.94. The zero-order chi connectivity index (χ0) is 16.4. The largest absolute Gasteiger partial charge is 0.297 e. The standard InChI is InChI=1S/C15H13ClN4OS2/c1-3-11-13(23-20-19-11)14(21)18-15-17-12(8(2)22-15)9-4-6-10(16)7-5-9/h4-7H,3H2,1-2H3,(H,17,18,21). The number of amides is 1. The molecule has 2 heterocycles. The number of aryl methyl sites for hydroxylation is 2. The van der Waals surface area contributed by atoms with Crippen molar-refractivity contribution in [2.24, 2.45) is 0 Å². The van der Waals surface area contributed by atoms with Gasteiger partial charge in [-0.05, 0) is 37.0 Å². The molecule has 0 aliphatic rings.